The van der Waals surface area contributed by atoms with E-state index in [1.165, 1.54) is 26.4 Å². The third-order valence-corrected chi connectivity index (χ3v) is 4.07. The van der Waals surface area contributed by atoms with Gasteiger partial charge in [0.15, 0.2) is 0 Å². The smallest absolute Gasteiger partial charge is 0.340 e. The summed E-state index contributed by atoms with van der Waals surface area (Å²) < 4.78 is 4.77. The summed E-state index contributed by atoms with van der Waals surface area (Å²) in [4.78, 5) is 11.8. The maximum Gasteiger partial charge on any atom is 0.340 e. The minimum Gasteiger partial charge on any atom is -0.465 e. The van der Waals surface area contributed by atoms with Crippen molar-refractivity contribution >= 4 is 28.9 Å². The Hall–Kier alpha value is -1.42. The molecule has 0 atom stereocenters. The second-order valence-corrected chi connectivity index (χ2v) is 5.84. The molecule has 1 aliphatic rings. The van der Waals surface area contributed by atoms with Gasteiger partial charge in [0.1, 0.15) is 0 Å². The molecule has 0 aliphatic heterocycles. The number of nitrogens with two attached hydrogens (primary N) is 1. The lowest BCUT2D eigenvalue weighted by Gasteiger charge is -2.39. The molecule has 3 N–H and O–H groups in total. The van der Waals surface area contributed by atoms with Gasteiger partial charge in [-0.25, -0.2) is 4.79 Å². The summed E-state index contributed by atoms with van der Waals surface area (Å²) >= 11 is 6.18. The average molecular weight is 283 g/mol. The van der Waals surface area contributed by atoms with Gasteiger partial charge in [-0.2, -0.15) is 0 Å². The highest BCUT2D eigenvalue weighted by Crippen LogP contribution is 2.41. The molecular formula is C14H19ClN2O2. The number of carbonyl (C=O) groups excluding carboxylic acids is 1. The fourth-order valence-electron chi connectivity index (χ4n) is 2.34. The van der Waals surface area contributed by atoms with Crippen LogP contribution in [0.25, 0.3) is 0 Å². The zero-order valence-electron chi connectivity index (χ0n) is 11.3. The van der Waals surface area contributed by atoms with E-state index >= 15 is 0 Å². The van der Waals surface area contributed by atoms with Gasteiger partial charge in [-0.05, 0) is 30.4 Å². The van der Waals surface area contributed by atoms with Gasteiger partial charge >= 0.3 is 5.97 Å². The fraction of sp³-hybridized carbons (Fsp3) is 0.500. The van der Waals surface area contributed by atoms with Gasteiger partial charge in [-0.15, -0.1) is 0 Å². The third-order valence-electron chi connectivity index (χ3n) is 3.77. The van der Waals surface area contributed by atoms with Crippen molar-refractivity contribution in [2.45, 2.75) is 26.2 Å². The molecule has 19 heavy (non-hydrogen) atoms. The number of methoxy groups -OCH3 is 1. The van der Waals surface area contributed by atoms with E-state index in [-0.39, 0.29) is 5.41 Å². The maximum absolute atomic E-state index is 11.8. The first-order valence-electron chi connectivity index (χ1n) is 6.36. The number of nitrogens with one attached hydrogen (secondary N) is 1. The van der Waals surface area contributed by atoms with Crippen LogP contribution in [0.3, 0.4) is 0 Å². The van der Waals surface area contributed by atoms with Crippen LogP contribution in [0.1, 0.15) is 36.5 Å². The van der Waals surface area contributed by atoms with E-state index in [1.807, 2.05) is 0 Å². The quantitative estimate of drug-likeness (QED) is 0.657. The van der Waals surface area contributed by atoms with Crippen LogP contribution < -0.4 is 11.1 Å². The van der Waals surface area contributed by atoms with Crippen LogP contribution in [0.15, 0.2) is 12.1 Å². The Bertz CT molecular complexity index is 498. The predicted molar refractivity (Wildman–Crippen MR) is 77.7 cm³/mol. The summed E-state index contributed by atoms with van der Waals surface area (Å²) in [6, 6.07) is 3.22. The Balaban J connectivity index is 2.24. The van der Waals surface area contributed by atoms with Crippen molar-refractivity contribution in [3.05, 3.63) is 22.7 Å². The van der Waals surface area contributed by atoms with Crippen LogP contribution in [0.5, 0.6) is 0 Å². The van der Waals surface area contributed by atoms with Gasteiger partial charge in [-0.1, -0.05) is 24.9 Å². The highest BCUT2D eigenvalue weighted by atomic mass is 35.5. The van der Waals surface area contributed by atoms with E-state index in [0.29, 0.717) is 22.0 Å². The summed E-state index contributed by atoms with van der Waals surface area (Å²) in [7, 11) is 1.34. The van der Waals surface area contributed by atoms with Crippen molar-refractivity contribution in [2.75, 3.05) is 24.7 Å². The molecule has 0 radical (unpaired) electrons. The van der Waals surface area contributed by atoms with Crippen molar-refractivity contribution in [3.63, 3.8) is 0 Å². The number of hydrogen-bond acceptors (Lipinski definition) is 4. The first-order chi connectivity index (χ1) is 8.95. The topological polar surface area (TPSA) is 64.3 Å². The normalized spacial score (nSPS) is 16.6. The first-order valence-corrected chi connectivity index (χ1v) is 6.74. The monoisotopic (exact) mass is 282 g/mol. The van der Waals surface area contributed by atoms with Gasteiger partial charge in [0.05, 0.1) is 23.4 Å². The minimum absolute atomic E-state index is 0.290. The Morgan fingerprint density at radius 3 is 2.74 bits per heavy atom. The van der Waals surface area contributed by atoms with Crippen molar-refractivity contribution in [1.29, 1.82) is 0 Å². The highest BCUT2D eigenvalue weighted by molar-refractivity contribution is 6.34. The van der Waals surface area contributed by atoms with Gasteiger partial charge in [0.25, 0.3) is 0 Å². The Labute approximate surface area is 118 Å². The van der Waals surface area contributed by atoms with E-state index in [0.717, 1.165) is 6.54 Å². The Kier molecular flexibility index (Phi) is 3.90. The number of halogens is 1. The predicted octanol–water partition coefficient (Wildman–Crippen LogP) is 3.31. The number of benzene rings is 1. The van der Waals surface area contributed by atoms with E-state index in [2.05, 4.69) is 12.2 Å². The van der Waals surface area contributed by atoms with Gasteiger partial charge in [0, 0.05) is 12.2 Å². The second kappa shape index (κ2) is 5.29. The van der Waals surface area contributed by atoms with Gasteiger partial charge < -0.3 is 15.8 Å². The van der Waals surface area contributed by atoms with Crippen molar-refractivity contribution in [1.82, 2.24) is 0 Å². The molecule has 0 amide bonds. The van der Waals surface area contributed by atoms with E-state index in [1.54, 1.807) is 12.1 Å². The number of esters is 1. The third kappa shape index (κ3) is 2.95. The van der Waals surface area contributed by atoms with Gasteiger partial charge in [-0.3, -0.25) is 0 Å². The number of anilines is 2. The Morgan fingerprint density at radius 1 is 1.53 bits per heavy atom. The molecule has 1 aliphatic carbocycles. The van der Waals surface area contributed by atoms with Crippen LogP contribution in [-0.2, 0) is 4.74 Å². The zero-order chi connectivity index (χ0) is 14.0. The molecule has 0 bridgehead atoms. The van der Waals surface area contributed by atoms with Crippen molar-refractivity contribution < 1.29 is 9.53 Å². The number of nitrogen functional groups attached to an aromatic ring is 1. The lowest BCUT2D eigenvalue weighted by Crippen LogP contribution is -2.33. The molecule has 1 saturated carbocycles. The molecule has 0 spiro atoms. The molecule has 0 saturated heterocycles. The molecule has 5 heteroatoms. The summed E-state index contributed by atoms with van der Waals surface area (Å²) in [5.41, 5.74) is 7.45. The maximum atomic E-state index is 11.8. The number of carbonyl (C=O) groups is 1. The van der Waals surface area contributed by atoms with Crippen LogP contribution in [-0.4, -0.2) is 19.6 Å². The summed E-state index contributed by atoms with van der Waals surface area (Å²) in [6.45, 7) is 3.02. The van der Waals surface area contributed by atoms with E-state index in [9.17, 15) is 4.79 Å². The van der Waals surface area contributed by atoms with Gasteiger partial charge in [0.2, 0.25) is 0 Å². The lowest BCUT2D eigenvalue weighted by atomic mass is 9.70. The van der Waals surface area contributed by atoms with E-state index < -0.39 is 5.97 Å². The number of rotatable bonds is 4. The molecule has 1 fully saturated rings. The van der Waals surface area contributed by atoms with Crippen LogP contribution in [0, 0.1) is 5.41 Å². The molecule has 2 rings (SSSR count). The molecule has 0 aromatic heterocycles. The molecule has 1 aromatic carbocycles. The second-order valence-electron chi connectivity index (χ2n) is 5.43. The SMILES string of the molecule is COC(=O)c1cc(N)cc(Cl)c1NCC1(C)CCC1. The van der Waals surface area contributed by atoms with Crippen LogP contribution >= 0.6 is 11.6 Å². The van der Waals surface area contributed by atoms with E-state index in [4.69, 9.17) is 22.1 Å². The largest absolute Gasteiger partial charge is 0.465 e. The minimum atomic E-state index is -0.435. The first kappa shape index (κ1) is 14.0. The fourth-order valence-corrected chi connectivity index (χ4v) is 2.63. The number of hydrogen-bond donors (Lipinski definition) is 2. The molecule has 0 heterocycles. The molecule has 0 unspecified atom stereocenters. The van der Waals surface area contributed by atoms with Crippen molar-refractivity contribution in [3.8, 4) is 0 Å². The summed E-state index contributed by atoms with van der Waals surface area (Å²) in [5.74, 6) is -0.435. The molecule has 1 aromatic rings. The number of ether oxygens (including phenoxy) is 1. The summed E-state index contributed by atoms with van der Waals surface area (Å²) in [6.07, 6.45) is 3.65. The zero-order valence-corrected chi connectivity index (χ0v) is 12.0. The average Bonchev–Trinajstić information content (AvgIpc) is 2.33. The highest BCUT2D eigenvalue weighted by Gasteiger charge is 2.32. The van der Waals surface area contributed by atoms with Crippen LogP contribution in [0.4, 0.5) is 11.4 Å². The molecule has 104 valence electrons. The molecule has 4 nitrogen and oxygen atoms in total. The molecular weight excluding hydrogens is 264 g/mol. The lowest BCUT2D eigenvalue weighted by molar-refractivity contribution is 0.0601. The summed E-state index contributed by atoms with van der Waals surface area (Å²) in [5, 5.41) is 3.73. The standard InChI is InChI=1S/C14H19ClN2O2/c1-14(4-3-5-14)8-17-12-10(13(18)19-2)6-9(16)7-11(12)15/h6-7,17H,3-5,8,16H2,1-2H3. The van der Waals surface area contributed by atoms with Crippen molar-refractivity contribution in [2.24, 2.45) is 5.41 Å². The Morgan fingerprint density at radius 2 is 2.21 bits per heavy atom. The van der Waals surface area contributed by atoms with Crippen LogP contribution in [0.2, 0.25) is 5.02 Å².